The number of nitrogens with zero attached hydrogens (tertiary/aromatic N) is 1. The molecule has 0 saturated carbocycles. The molecule has 72 valence electrons. The number of thioether (sulfide) groups is 1. The van der Waals surface area contributed by atoms with Crippen LogP contribution in [-0.2, 0) is 9.16 Å². The van der Waals surface area contributed by atoms with Gasteiger partial charge in [0.2, 0.25) is 0 Å². The van der Waals surface area contributed by atoms with Crippen molar-refractivity contribution in [1.29, 1.82) is 0 Å². The number of carbonyl (C=O) groups is 2. The second kappa shape index (κ2) is 6.18. The van der Waals surface area contributed by atoms with Crippen LogP contribution in [0.15, 0.2) is 4.99 Å². The molecule has 2 amide bonds. The van der Waals surface area contributed by atoms with E-state index in [9.17, 15) is 9.59 Å². The third-order valence-electron chi connectivity index (χ3n) is 0.904. The summed E-state index contributed by atoms with van der Waals surface area (Å²) in [5.74, 6) is 0. The quantitative estimate of drug-likeness (QED) is 0.355. The van der Waals surface area contributed by atoms with E-state index in [4.69, 9.17) is 0 Å². The Kier molecular flexibility index (Phi) is 5.53. The Bertz CT molecular complexity index is 251. The van der Waals surface area contributed by atoms with Gasteiger partial charge in [0.1, 0.15) is 0 Å². The highest BCUT2D eigenvalue weighted by atomic mass is 32.2. The largest absolute Gasteiger partial charge is 0.719 e. The number of rotatable bonds is 0. The number of amidine groups is 1. The van der Waals surface area contributed by atoms with E-state index in [1.54, 1.807) is 6.26 Å². The molecule has 0 rings (SSSR count). The van der Waals surface area contributed by atoms with E-state index in [-0.39, 0.29) is 5.17 Å². The average Bonchev–Trinajstić information content (AvgIpc) is 2.16. The van der Waals surface area contributed by atoms with Crippen LogP contribution in [0.25, 0.3) is 0 Å². The fraction of sp³-hybridized carbons (Fsp3) is 0.333. The standard InChI is InChI=1S/C6H8N2O4S/c1-11-5(9)7-4(13-3)8-6(10)12-2/h1H2,2-3H3/p+1. The summed E-state index contributed by atoms with van der Waals surface area (Å²) in [4.78, 5) is 24.6. The Morgan fingerprint density at radius 3 is 2.62 bits per heavy atom. The monoisotopic (exact) mass is 205 g/mol. The van der Waals surface area contributed by atoms with E-state index in [1.807, 2.05) is 0 Å². The molecule has 0 aliphatic rings. The summed E-state index contributed by atoms with van der Waals surface area (Å²) in [6.45, 7) is 2.86. The molecule has 0 aromatic rings. The molecule has 0 fully saturated rings. The van der Waals surface area contributed by atoms with Crippen molar-refractivity contribution in [3.05, 3.63) is 0 Å². The van der Waals surface area contributed by atoms with E-state index in [2.05, 4.69) is 26.3 Å². The maximum Gasteiger partial charge on any atom is 0.719 e. The Balaban J connectivity index is 4.33. The predicted molar refractivity (Wildman–Crippen MR) is 49.0 cm³/mol. The highest BCUT2D eigenvalue weighted by molar-refractivity contribution is 8.13. The molecule has 13 heavy (non-hydrogen) atoms. The lowest BCUT2D eigenvalue weighted by Crippen LogP contribution is -2.28. The summed E-state index contributed by atoms with van der Waals surface area (Å²) in [6.07, 6.45) is 0.0382. The zero-order valence-corrected chi connectivity index (χ0v) is 8.01. The average molecular weight is 205 g/mol. The van der Waals surface area contributed by atoms with Crippen molar-refractivity contribution in [3.63, 3.8) is 0 Å². The maximum atomic E-state index is 10.7. The number of aliphatic imine (C=N–C) groups is 1. The molecular weight excluding hydrogens is 196 g/mol. The third kappa shape index (κ3) is 4.96. The van der Waals surface area contributed by atoms with Crippen molar-refractivity contribution in [2.75, 3.05) is 13.4 Å². The number of hydrogen-bond donors (Lipinski definition) is 1. The molecule has 0 spiro atoms. The van der Waals surface area contributed by atoms with Gasteiger partial charge in [-0.25, -0.2) is 4.79 Å². The zero-order valence-electron chi connectivity index (χ0n) is 7.20. The fourth-order valence-electron chi connectivity index (χ4n) is 0.378. The normalized spacial score (nSPS) is 10.5. The minimum Gasteiger partial charge on any atom is -0.453 e. The molecule has 0 aromatic heterocycles. The molecule has 0 aliphatic heterocycles. The lowest BCUT2D eigenvalue weighted by Gasteiger charge is -2.00. The number of methoxy groups -OCH3 is 1. The van der Waals surface area contributed by atoms with Gasteiger partial charge in [-0.2, -0.15) is 0 Å². The first-order valence-corrected chi connectivity index (χ1v) is 4.30. The van der Waals surface area contributed by atoms with Crippen molar-refractivity contribution in [3.8, 4) is 0 Å². The molecule has 0 saturated heterocycles. The second-order valence-corrected chi connectivity index (χ2v) is 2.44. The van der Waals surface area contributed by atoms with Crippen LogP contribution in [0.4, 0.5) is 9.59 Å². The molecule has 0 unspecified atom stereocenters. The van der Waals surface area contributed by atoms with Crippen LogP contribution < -0.4 is 5.32 Å². The van der Waals surface area contributed by atoms with E-state index in [0.29, 0.717) is 0 Å². The Labute approximate surface area is 79.0 Å². The molecule has 0 bridgehead atoms. The minimum absolute atomic E-state index is 0.0838. The van der Waals surface area contributed by atoms with Gasteiger partial charge in [0, 0.05) is 0 Å². The molecule has 7 heteroatoms. The summed E-state index contributed by atoms with van der Waals surface area (Å²) >= 11 is 1.07. The molecular formula is C6H9N2O4S+. The smallest absolute Gasteiger partial charge is 0.453 e. The number of nitrogens with one attached hydrogen (secondary N) is 1. The van der Waals surface area contributed by atoms with Crippen molar-refractivity contribution in [2.24, 2.45) is 4.99 Å². The maximum absolute atomic E-state index is 10.7. The number of ether oxygens (including phenoxy) is 1. The zero-order chi connectivity index (χ0) is 10.3. The number of hydrogen-bond acceptors (Lipinski definition) is 4. The summed E-state index contributed by atoms with van der Waals surface area (Å²) in [6, 6.07) is 0. The van der Waals surface area contributed by atoms with Gasteiger partial charge in [0.25, 0.3) is 0 Å². The van der Waals surface area contributed by atoms with Crippen LogP contribution in [0.1, 0.15) is 0 Å². The molecule has 0 aliphatic carbocycles. The van der Waals surface area contributed by atoms with Gasteiger partial charge in [0.05, 0.1) is 11.9 Å². The highest BCUT2D eigenvalue weighted by Crippen LogP contribution is 1.95. The van der Waals surface area contributed by atoms with E-state index >= 15 is 0 Å². The van der Waals surface area contributed by atoms with Crippen molar-refractivity contribution >= 4 is 35.9 Å². The molecule has 0 heterocycles. The first-order chi connectivity index (χ1) is 6.13. The SMILES string of the molecule is C=[O+]C(=O)N=C(NC(=O)OC)SC. The van der Waals surface area contributed by atoms with Crippen LogP contribution in [0.3, 0.4) is 0 Å². The van der Waals surface area contributed by atoms with Gasteiger partial charge >= 0.3 is 12.2 Å². The van der Waals surface area contributed by atoms with Crippen molar-refractivity contribution in [2.45, 2.75) is 0 Å². The Hall–Kier alpha value is -1.37. The molecule has 0 radical (unpaired) electrons. The Morgan fingerprint density at radius 1 is 1.62 bits per heavy atom. The summed E-state index contributed by atoms with van der Waals surface area (Å²) in [7, 11) is 1.20. The van der Waals surface area contributed by atoms with Gasteiger partial charge < -0.3 is 4.74 Å². The van der Waals surface area contributed by atoms with Crippen molar-refractivity contribution in [1.82, 2.24) is 5.32 Å². The van der Waals surface area contributed by atoms with Gasteiger partial charge in [-0.15, -0.1) is 0 Å². The molecule has 0 atom stereocenters. The lowest BCUT2D eigenvalue weighted by molar-refractivity contribution is -0.328. The summed E-state index contributed by atoms with van der Waals surface area (Å²) in [5.41, 5.74) is 0. The number of amides is 2. The number of carbonyl (C=O) groups excluding carboxylic acids is 3. The van der Waals surface area contributed by atoms with Crippen molar-refractivity contribution < 1.29 is 18.8 Å². The molecule has 0 aromatic carbocycles. The van der Waals surface area contributed by atoms with Crippen LogP contribution in [0.5, 0.6) is 0 Å². The third-order valence-corrected chi connectivity index (χ3v) is 1.48. The Morgan fingerprint density at radius 2 is 2.23 bits per heavy atom. The number of alkyl carbamates (subject to hydrolysis) is 1. The molecule has 1 N–H and O–H groups in total. The van der Waals surface area contributed by atoms with Crippen LogP contribution in [-0.4, -0.2) is 37.5 Å². The second-order valence-electron chi connectivity index (χ2n) is 1.65. The minimum atomic E-state index is -0.888. The van der Waals surface area contributed by atoms with Crippen LogP contribution in [0, 0.1) is 0 Å². The summed E-state index contributed by atoms with van der Waals surface area (Å²) < 4.78 is 8.30. The van der Waals surface area contributed by atoms with Gasteiger partial charge in [-0.05, 0) is 6.26 Å². The fourth-order valence-corrected chi connectivity index (χ4v) is 0.729. The molecule has 6 nitrogen and oxygen atoms in total. The van der Waals surface area contributed by atoms with Gasteiger partial charge in [-0.1, -0.05) is 16.8 Å². The van der Waals surface area contributed by atoms with E-state index in [0.717, 1.165) is 11.8 Å². The van der Waals surface area contributed by atoms with Gasteiger partial charge in [0.15, 0.2) is 12.0 Å². The van der Waals surface area contributed by atoms with E-state index in [1.165, 1.54) is 7.11 Å². The topological polar surface area (TPSA) is 79.1 Å². The highest BCUT2D eigenvalue weighted by Gasteiger charge is 2.13. The van der Waals surface area contributed by atoms with Gasteiger partial charge in [-0.3, -0.25) is 9.74 Å². The van der Waals surface area contributed by atoms with Crippen LogP contribution >= 0.6 is 11.8 Å². The first kappa shape index (κ1) is 11.6. The summed E-state index contributed by atoms with van der Waals surface area (Å²) in [5, 5.41) is 2.29. The van der Waals surface area contributed by atoms with E-state index < -0.39 is 12.2 Å². The lowest BCUT2D eigenvalue weighted by atomic mass is 11.0. The first-order valence-electron chi connectivity index (χ1n) is 3.07. The van der Waals surface area contributed by atoms with Crippen LogP contribution in [0.2, 0.25) is 0 Å². The predicted octanol–water partition coefficient (Wildman–Crippen LogP) is 0.546.